The van der Waals surface area contributed by atoms with Crippen LogP contribution in [0.15, 0.2) is 11.6 Å². The fourth-order valence-corrected chi connectivity index (χ4v) is 2.77. The molecule has 2 rings (SSSR count). The largest absolute Gasteiger partial charge is 0.296 e. The lowest BCUT2D eigenvalue weighted by molar-refractivity contribution is 0.286. The Morgan fingerprint density at radius 3 is 3.14 bits per heavy atom. The summed E-state index contributed by atoms with van der Waals surface area (Å²) in [5.74, 6) is 0.765. The second-order valence-corrected chi connectivity index (χ2v) is 5.58. The van der Waals surface area contributed by atoms with Crippen molar-refractivity contribution in [1.29, 1.82) is 0 Å². The summed E-state index contributed by atoms with van der Waals surface area (Å²) in [6.07, 6.45) is 3.08. The number of hydrogen-bond acceptors (Lipinski definition) is 3. The zero-order valence-electron chi connectivity index (χ0n) is 8.37. The molecule has 0 aromatic carbocycles. The highest BCUT2D eigenvalue weighted by Crippen LogP contribution is 2.31. The summed E-state index contributed by atoms with van der Waals surface area (Å²) in [4.78, 5) is 6.74. The van der Waals surface area contributed by atoms with Crippen molar-refractivity contribution in [2.24, 2.45) is 5.41 Å². The van der Waals surface area contributed by atoms with Gasteiger partial charge in [-0.2, -0.15) is 0 Å². The van der Waals surface area contributed by atoms with Gasteiger partial charge in [0.1, 0.15) is 5.01 Å². The lowest BCUT2D eigenvalue weighted by Crippen LogP contribution is -2.25. The molecule has 0 aliphatic carbocycles. The highest BCUT2D eigenvalue weighted by Gasteiger charge is 2.32. The van der Waals surface area contributed by atoms with Crippen LogP contribution in [0, 0.1) is 5.41 Å². The predicted molar refractivity (Wildman–Crippen MR) is 60.8 cm³/mol. The van der Waals surface area contributed by atoms with Crippen molar-refractivity contribution in [3.8, 4) is 0 Å². The molecule has 1 saturated heterocycles. The molecule has 4 heteroatoms. The van der Waals surface area contributed by atoms with Gasteiger partial charge in [0.2, 0.25) is 0 Å². The molecule has 0 bridgehead atoms. The van der Waals surface area contributed by atoms with Crippen LogP contribution >= 0.6 is 22.9 Å². The monoisotopic (exact) mass is 230 g/mol. The van der Waals surface area contributed by atoms with Gasteiger partial charge < -0.3 is 0 Å². The average Bonchev–Trinajstić information content (AvgIpc) is 2.78. The fourth-order valence-electron chi connectivity index (χ4n) is 1.89. The van der Waals surface area contributed by atoms with Crippen molar-refractivity contribution in [3.05, 3.63) is 16.6 Å². The quantitative estimate of drug-likeness (QED) is 0.743. The summed E-state index contributed by atoms with van der Waals surface area (Å²) < 4.78 is 0. The van der Waals surface area contributed by atoms with E-state index in [1.807, 2.05) is 11.6 Å². The van der Waals surface area contributed by atoms with Gasteiger partial charge in [-0.1, -0.05) is 6.92 Å². The molecule has 14 heavy (non-hydrogen) atoms. The first-order valence-electron chi connectivity index (χ1n) is 4.89. The molecule has 0 amide bonds. The standard InChI is InChI=1S/C10H15ClN2S/c1-10(7-11)2-4-13(8-10)6-9-12-3-5-14-9/h3,5H,2,4,6-8H2,1H3. The molecule has 1 fully saturated rings. The summed E-state index contributed by atoms with van der Waals surface area (Å²) in [5.41, 5.74) is 0.318. The molecule has 0 saturated carbocycles. The molecule has 78 valence electrons. The minimum absolute atomic E-state index is 0.318. The Balaban J connectivity index is 1.90. The topological polar surface area (TPSA) is 16.1 Å². The van der Waals surface area contributed by atoms with Gasteiger partial charge in [-0.3, -0.25) is 4.90 Å². The zero-order valence-corrected chi connectivity index (χ0v) is 9.94. The van der Waals surface area contributed by atoms with Gasteiger partial charge in [-0.25, -0.2) is 4.98 Å². The predicted octanol–water partition coefficient (Wildman–Crippen LogP) is 2.59. The van der Waals surface area contributed by atoms with Crippen molar-refractivity contribution in [2.75, 3.05) is 19.0 Å². The number of thiazole rings is 1. The van der Waals surface area contributed by atoms with Gasteiger partial charge in [0, 0.05) is 24.0 Å². The summed E-state index contributed by atoms with van der Waals surface area (Å²) in [6, 6.07) is 0. The molecule has 0 spiro atoms. The van der Waals surface area contributed by atoms with Crippen LogP contribution in [-0.4, -0.2) is 28.9 Å². The van der Waals surface area contributed by atoms with Crippen molar-refractivity contribution in [1.82, 2.24) is 9.88 Å². The van der Waals surface area contributed by atoms with E-state index in [0.29, 0.717) is 5.41 Å². The maximum absolute atomic E-state index is 5.96. The third-order valence-corrected chi connectivity index (χ3v) is 4.21. The van der Waals surface area contributed by atoms with E-state index in [1.165, 1.54) is 11.4 Å². The minimum atomic E-state index is 0.318. The lowest BCUT2D eigenvalue weighted by atomic mass is 9.93. The van der Waals surface area contributed by atoms with Crippen LogP contribution in [0.3, 0.4) is 0 Å². The SMILES string of the molecule is CC1(CCl)CCN(Cc2nccs2)C1. The number of halogens is 1. The van der Waals surface area contributed by atoms with Crippen LogP contribution in [0.4, 0.5) is 0 Å². The number of nitrogens with zero attached hydrogens (tertiary/aromatic N) is 2. The normalized spacial score (nSPS) is 28.4. The van der Waals surface area contributed by atoms with E-state index in [-0.39, 0.29) is 0 Å². The van der Waals surface area contributed by atoms with E-state index in [0.717, 1.165) is 25.5 Å². The van der Waals surface area contributed by atoms with E-state index < -0.39 is 0 Å². The van der Waals surface area contributed by atoms with Gasteiger partial charge in [-0.15, -0.1) is 22.9 Å². The van der Waals surface area contributed by atoms with Crippen molar-refractivity contribution < 1.29 is 0 Å². The molecule has 0 N–H and O–H groups in total. The molecule has 1 unspecified atom stereocenters. The first-order chi connectivity index (χ1) is 6.72. The number of rotatable bonds is 3. The lowest BCUT2D eigenvalue weighted by Gasteiger charge is -2.21. The van der Waals surface area contributed by atoms with Crippen LogP contribution in [0.1, 0.15) is 18.4 Å². The first-order valence-corrected chi connectivity index (χ1v) is 6.30. The van der Waals surface area contributed by atoms with Gasteiger partial charge in [0.15, 0.2) is 0 Å². The van der Waals surface area contributed by atoms with Crippen LogP contribution in [0.5, 0.6) is 0 Å². The fraction of sp³-hybridized carbons (Fsp3) is 0.700. The van der Waals surface area contributed by atoms with E-state index in [9.17, 15) is 0 Å². The van der Waals surface area contributed by atoms with Crippen molar-refractivity contribution >= 4 is 22.9 Å². The molecule has 1 aromatic rings. The van der Waals surface area contributed by atoms with Crippen LogP contribution in [0.2, 0.25) is 0 Å². The number of hydrogen-bond donors (Lipinski definition) is 0. The summed E-state index contributed by atoms with van der Waals surface area (Å²) in [5, 5.41) is 3.25. The maximum Gasteiger partial charge on any atom is 0.107 e. The Labute approximate surface area is 93.9 Å². The molecule has 1 aliphatic rings. The van der Waals surface area contributed by atoms with E-state index in [4.69, 9.17) is 11.6 Å². The number of aromatic nitrogens is 1. The van der Waals surface area contributed by atoms with E-state index in [1.54, 1.807) is 11.3 Å². The van der Waals surface area contributed by atoms with Crippen LogP contribution < -0.4 is 0 Å². The highest BCUT2D eigenvalue weighted by molar-refractivity contribution is 7.09. The van der Waals surface area contributed by atoms with Crippen molar-refractivity contribution in [3.63, 3.8) is 0 Å². The smallest absolute Gasteiger partial charge is 0.107 e. The molecule has 2 heterocycles. The molecule has 1 aliphatic heterocycles. The number of alkyl halides is 1. The summed E-state index contributed by atoms with van der Waals surface area (Å²) >= 11 is 7.69. The molecule has 2 nitrogen and oxygen atoms in total. The van der Waals surface area contributed by atoms with Crippen LogP contribution in [-0.2, 0) is 6.54 Å². The second-order valence-electron chi connectivity index (χ2n) is 4.33. The van der Waals surface area contributed by atoms with E-state index in [2.05, 4.69) is 16.8 Å². The second kappa shape index (κ2) is 4.17. The molecular formula is C10H15ClN2S. The van der Waals surface area contributed by atoms with Gasteiger partial charge >= 0.3 is 0 Å². The highest BCUT2D eigenvalue weighted by atomic mass is 35.5. The van der Waals surface area contributed by atoms with Gasteiger partial charge in [-0.05, 0) is 18.4 Å². The first kappa shape index (κ1) is 10.4. The minimum Gasteiger partial charge on any atom is -0.296 e. The number of likely N-dealkylation sites (tertiary alicyclic amines) is 1. The van der Waals surface area contributed by atoms with E-state index >= 15 is 0 Å². The molecule has 1 aromatic heterocycles. The Bertz CT molecular complexity index is 288. The summed E-state index contributed by atoms with van der Waals surface area (Å²) in [6.45, 7) is 5.52. The summed E-state index contributed by atoms with van der Waals surface area (Å²) in [7, 11) is 0. The maximum atomic E-state index is 5.96. The third-order valence-electron chi connectivity index (χ3n) is 2.80. The molecule has 0 radical (unpaired) electrons. The van der Waals surface area contributed by atoms with Crippen LogP contribution in [0.25, 0.3) is 0 Å². The third kappa shape index (κ3) is 2.27. The van der Waals surface area contributed by atoms with Gasteiger partial charge in [0.25, 0.3) is 0 Å². The Hall–Kier alpha value is -0.120. The zero-order chi connectivity index (χ0) is 10.0. The average molecular weight is 231 g/mol. The molecular weight excluding hydrogens is 216 g/mol. The Morgan fingerprint density at radius 1 is 1.71 bits per heavy atom. The molecule has 1 atom stereocenters. The van der Waals surface area contributed by atoms with Crippen molar-refractivity contribution in [2.45, 2.75) is 19.9 Å². The Kier molecular flexibility index (Phi) is 3.10. The Morgan fingerprint density at radius 2 is 2.57 bits per heavy atom. The van der Waals surface area contributed by atoms with Gasteiger partial charge in [0.05, 0.1) is 6.54 Å².